The predicted molar refractivity (Wildman–Crippen MR) is 40.3 cm³/mol. The van der Waals surface area contributed by atoms with Crippen molar-refractivity contribution >= 4 is 0 Å². The highest BCUT2D eigenvalue weighted by molar-refractivity contribution is 4.56. The molecule has 0 atom stereocenters. The first-order chi connectivity index (χ1) is 5.43. The summed E-state index contributed by atoms with van der Waals surface area (Å²) in [7, 11) is 0. The zero-order chi connectivity index (χ0) is 7.94. The van der Waals surface area contributed by atoms with E-state index in [-0.39, 0.29) is 6.61 Å². The molecule has 0 aromatic heterocycles. The molecule has 1 aliphatic heterocycles. The number of rotatable bonds is 4. The van der Waals surface area contributed by atoms with Gasteiger partial charge in [0.1, 0.15) is 0 Å². The molecular formula is C7H15NO3. The maximum Gasteiger partial charge on any atom is 0.0992 e. The number of aliphatic hydroxyl groups is 1. The summed E-state index contributed by atoms with van der Waals surface area (Å²) < 4.78 is 10.3. The van der Waals surface area contributed by atoms with Gasteiger partial charge in [-0.15, -0.1) is 0 Å². The van der Waals surface area contributed by atoms with Gasteiger partial charge in [-0.1, -0.05) is 0 Å². The van der Waals surface area contributed by atoms with Crippen molar-refractivity contribution < 1.29 is 14.6 Å². The first-order valence-corrected chi connectivity index (χ1v) is 3.92. The highest BCUT2D eigenvalue weighted by Crippen LogP contribution is 1.95. The Hall–Kier alpha value is -0.160. The van der Waals surface area contributed by atoms with Gasteiger partial charge in [-0.05, 0) is 0 Å². The van der Waals surface area contributed by atoms with Crippen LogP contribution < -0.4 is 0 Å². The first-order valence-electron chi connectivity index (χ1n) is 3.92. The van der Waals surface area contributed by atoms with Crippen molar-refractivity contribution in [2.45, 2.75) is 0 Å². The van der Waals surface area contributed by atoms with E-state index >= 15 is 0 Å². The molecule has 66 valence electrons. The largest absolute Gasteiger partial charge is 0.394 e. The molecule has 1 aliphatic rings. The average Bonchev–Trinajstić information content (AvgIpc) is 2.07. The summed E-state index contributed by atoms with van der Waals surface area (Å²) in [6.07, 6.45) is 0. The Labute approximate surface area is 66.7 Å². The Morgan fingerprint density at radius 1 is 1.36 bits per heavy atom. The lowest BCUT2D eigenvalue weighted by Gasteiger charge is -2.25. The van der Waals surface area contributed by atoms with E-state index in [1.807, 2.05) is 0 Å². The fraction of sp³-hybridized carbons (Fsp3) is 1.00. The van der Waals surface area contributed by atoms with Crippen LogP contribution in [0.15, 0.2) is 0 Å². The Kier molecular flexibility index (Phi) is 4.45. The molecule has 0 amide bonds. The summed E-state index contributed by atoms with van der Waals surface area (Å²) >= 11 is 0. The van der Waals surface area contributed by atoms with Crippen LogP contribution in [0.1, 0.15) is 0 Å². The summed E-state index contributed by atoms with van der Waals surface area (Å²) in [6, 6.07) is 0. The molecule has 0 bridgehead atoms. The first kappa shape index (κ1) is 8.93. The number of nitrogens with zero attached hydrogens (tertiary/aromatic N) is 1. The van der Waals surface area contributed by atoms with Gasteiger partial charge in [0.05, 0.1) is 33.2 Å². The Morgan fingerprint density at radius 2 is 2.09 bits per heavy atom. The van der Waals surface area contributed by atoms with E-state index < -0.39 is 0 Å². The van der Waals surface area contributed by atoms with E-state index in [0.29, 0.717) is 13.3 Å². The molecule has 1 heterocycles. The van der Waals surface area contributed by atoms with Gasteiger partial charge in [0, 0.05) is 13.1 Å². The summed E-state index contributed by atoms with van der Waals surface area (Å²) in [5.74, 6) is 0. The molecule has 0 aromatic rings. The number of hydrogen-bond donors (Lipinski definition) is 1. The Balaban J connectivity index is 1.96. The van der Waals surface area contributed by atoms with Crippen molar-refractivity contribution in [1.82, 2.24) is 4.90 Å². The SMILES string of the molecule is OCCOCN1CCOCC1. The molecule has 1 rings (SSSR count). The van der Waals surface area contributed by atoms with Crippen LogP contribution in [-0.2, 0) is 9.47 Å². The standard InChI is InChI=1S/C7H15NO3/c9-3-6-11-7-8-1-4-10-5-2-8/h9H,1-7H2. The Bertz CT molecular complexity index is 93.7. The average molecular weight is 161 g/mol. The smallest absolute Gasteiger partial charge is 0.0992 e. The van der Waals surface area contributed by atoms with Crippen LogP contribution in [0.4, 0.5) is 0 Å². The normalized spacial score (nSPS) is 20.5. The maximum absolute atomic E-state index is 8.43. The fourth-order valence-electron chi connectivity index (χ4n) is 0.988. The van der Waals surface area contributed by atoms with Crippen LogP contribution in [0.25, 0.3) is 0 Å². The lowest BCUT2D eigenvalue weighted by Crippen LogP contribution is -2.37. The summed E-state index contributed by atoms with van der Waals surface area (Å²) in [4.78, 5) is 2.17. The molecule has 1 fully saturated rings. The molecule has 11 heavy (non-hydrogen) atoms. The van der Waals surface area contributed by atoms with Gasteiger partial charge < -0.3 is 14.6 Å². The van der Waals surface area contributed by atoms with Gasteiger partial charge in [-0.25, -0.2) is 0 Å². The van der Waals surface area contributed by atoms with E-state index in [1.54, 1.807) is 0 Å². The summed E-state index contributed by atoms with van der Waals surface area (Å²) in [6.45, 7) is 4.60. The van der Waals surface area contributed by atoms with Gasteiger partial charge in [0.2, 0.25) is 0 Å². The predicted octanol–water partition coefficient (Wildman–Crippen LogP) is -0.715. The molecule has 0 radical (unpaired) electrons. The molecule has 0 spiro atoms. The molecule has 0 aliphatic carbocycles. The molecule has 1 N–H and O–H groups in total. The minimum atomic E-state index is 0.102. The molecular weight excluding hydrogens is 146 g/mol. The van der Waals surface area contributed by atoms with Gasteiger partial charge in [0.25, 0.3) is 0 Å². The zero-order valence-corrected chi connectivity index (χ0v) is 6.66. The molecule has 1 saturated heterocycles. The van der Waals surface area contributed by atoms with Crippen LogP contribution in [0.5, 0.6) is 0 Å². The van der Waals surface area contributed by atoms with Crippen molar-refractivity contribution in [3.05, 3.63) is 0 Å². The second-order valence-electron chi connectivity index (χ2n) is 2.49. The summed E-state index contributed by atoms with van der Waals surface area (Å²) in [5.41, 5.74) is 0. The van der Waals surface area contributed by atoms with Crippen LogP contribution in [0.2, 0.25) is 0 Å². The molecule has 0 aromatic carbocycles. The third kappa shape index (κ3) is 3.67. The van der Waals surface area contributed by atoms with E-state index in [2.05, 4.69) is 4.90 Å². The van der Waals surface area contributed by atoms with Crippen LogP contribution in [0.3, 0.4) is 0 Å². The lowest BCUT2D eigenvalue weighted by molar-refractivity contribution is -0.0392. The van der Waals surface area contributed by atoms with Crippen molar-refractivity contribution in [2.75, 3.05) is 46.2 Å². The third-order valence-electron chi connectivity index (χ3n) is 1.61. The molecule has 0 saturated carbocycles. The second kappa shape index (κ2) is 5.49. The topological polar surface area (TPSA) is 41.9 Å². The van der Waals surface area contributed by atoms with E-state index in [0.717, 1.165) is 26.3 Å². The maximum atomic E-state index is 8.43. The highest BCUT2D eigenvalue weighted by Gasteiger charge is 2.08. The van der Waals surface area contributed by atoms with Crippen LogP contribution in [-0.4, -0.2) is 56.3 Å². The molecule has 4 nitrogen and oxygen atoms in total. The van der Waals surface area contributed by atoms with Crippen molar-refractivity contribution in [3.8, 4) is 0 Å². The summed E-state index contributed by atoms with van der Waals surface area (Å²) in [5, 5.41) is 8.43. The van der Waals surface area contributed by atoms with Crippen LogP contribution in [0, 0.1) is 0 Å². The minimum Gasteiger partial charge on any atom is -0.394 e. The van der Waals surface area contributed by atoms with Crippen LogP contribution >= 0.6 is 0 Å². The van der Waals surface area contributed by atoms with E-state index in [1.165, 1.54) is 0 Å². The monoisotopic (exact) mass is 161 g/mol. The fourth-order valence-corrected chi connectivity index (χ4v) is 0.988. The molecule has 4 heteroatoms. The van der Waals surface area contributed by atoms with Gasteiger partial charge in [-0.2, -0.15) is 0 Å². The lowest BCUT2D eigenvalue weighted by atomic mass is 10.5. The Morgan fingerprint density at radius 3 is 2.73 bits per heavy atom. The van der Waals surface area contributed by atoms with Gasteiger partial charge in [-0.3, -0.25) is 4.90 Å². The van der Waals surface area contributed by atoms with Gasteiger partial charge in [0.15, 0.2) is 0 Å². The second-order valence-corrected chi connectivity index (χ2v) is 2.49. The number of ether oxygens (including phenoxy) is 2. The minimum absolute atomic E-state index is 0.102. The highest BCUT2D eigenvalue weighted by atomic mass is 16.5. The van der Waals surface area contributed by atoms with Crippen molar-refractivity contribution in [2.24, 2.45) is 0 Å². The number of aliphatic hydroxyl groups excluding tert-OH is 1. The van der Waals surface area contributed by atoms with E-state index in [4.69, 9.17) is 14.6 Å². The van der Waals surface area contributed by atoms with Crippen molar-refractivity contribution in [1.29, 1.82) is 0 Å². The third-order valence-corrected chi connectivity index (χ3v) is 1.61. The number of morpholine rings is 1. The zero-order valence-electron chi connectivity index (χ0n) is 6.66. The quantitative estimate of drug-likeness (QED) is 0.553. The van der Waals surface area contributed by atoms with E-state index in [9.17, 15) is 0 Å². The molecule has 0 unspecified atom stereocenters. The number of hydrogen-bond acceptors (Lipinski definition) is 4. The van der Waals surface area contributed by atoms with Gasteiger partial charge >= 0.3 is 0 Å². The van der Waals surface area contributed by atoms with Crippen molar-refractivity contribution in [3.63, 3.8) is 0 Å².